The molecule has 4 aromatic carbocycles. The van der Waals surface area contributed by atoms with Gasteiger partial charge in [0, 0.05) is 23.4 Å². The second-order valence-electron chi connectivity index (χ2n) is 7.32. The van der Waals surface area contributed by atoms with Crippen molar-refractivity contribution in [1.29, 1.82) is 0 Å². The topological polar surface area (TPSA) is 18.5 Å². The molecule has 0 fully saturated rings. The highest BCUT2D eigenvalue weighted by Gasteiger charge is 2.39. The van der Waals surface area contributed by atoms with Gasteiger partial charge in [-0.3, -0.25) is 0 Å². The Balaban J connectivity index is 1.47. The Bertz CT molecular complexity index is 1240. The molecule has 130 valence electrons. The van der Waals surface area contributed by atoms with Crippen LogP contribution in [-0.2, 0) is 6.42 Å². The van der Waals surface area contributed by atoms with Crippen molar-refractivity contribution in [1.82, 2.24) is 0 Å². The number of hydrogen-bond donors (Lipinski definition) is 0. The van der Waals surface area contributed by atoms with Crippen LogP contribution < -0.4 is 9.47 Å². The molecular formula is C25H18O2. The first-order valence-corrected chi connectivity index (χ1v) is 9.41. The van der Waals surface area contributed by atoms with E-state index in [1.54, 1.807) is 0 Å². The number of ether oxygens (including phenoxy) is 2. The fourth-order valence-electron chi connectivity index (χ4n) is 4.29. The summed E-state index contributed by atoms with van der Waals surface area (Å²) in [5, 5.41) is 4.78. The second-order valence-corrected chi connectivity index (χ2v) is 7.32. The highest BCUT2D eigenvalue weighted by Crippen LogP contribution is 2.44. The van der Waals surface area contributed by atoms with E-state index in [-0.39, 0.29) is 0 Å². The molecule has 1 unspecified atom stereocenters. The SMILES string of the molecule is C1=CC2(CCc3ccc4ccccc4c3O2)Oc2ccc3ccccc3c21. The van der Waals surface area contributed by atoms with Gasteiger partial charge < -0.3 is 9.47 Å². The van der Waals surface area contributed by atoms with Crippen LogP contribution in [0.4, 0.5) is 0 Å². The third kappa shape index (κ3) is 2.20. The Labute approximate surface area is 157 Å². The maximum atomic E-state index is 6.53. The van der Waals surface area contributed by atoms with Gasteiger partial charge in [-0.25, -0.2) is 0 Å². The van der Waals surface area contributed by atoms with E-state index in [0.29, 0.717) is 0 Å². The number of rotatable bonds is 0. The van der Waals surface area contributed by atoms with Crippen molar-refractivity contribution in [3.05, 3.63) is 90.0 Å². The van der Waals surface area contributed by atoms with E-state index < -0.39 is 5.79 Å². The molecule has 1 spiro atoms. The molecule has 0 saturated heterocycles. The molecule has 0 aromatic heterocycles. The lowest BCUT2D eigenvalue weighted by Gasteiger charge is -2.39. The molecule has 0 N–H and O–H groups in total. The maximum Gasteiger partial charge on any atom is 0.271 e. The van der Waals surface area contributed by atoms with E-state index in [4.69, 9.17) is 9.47 Å². The molecule has 27 heavy (non-hydrogen) atoms. The van der Waals surface area contributed by atoms with Gasteiger partial charge in [0.05, 0.1) is 0 Å². The monoisotopic (exact) mass is 350 g/mol. The molecule has 4 aromatic rings. The van der Waals surface area contributed by atoms with Crippen LogP contribution in [0.25, 0.3) is 27.6 Å². The first-order valence-electron chi connectivity index (χ1n) is 9.41. The van der Waals surface area contributed by atoms with E-state index in [0.717, 1.165) is 35.3 Å². The van der Waals surface area contributed by atoms with Gasteiger partial charge in [-0.2, -0.15) is 0 Å². The van der Waals surface area contributed by atoms with E-state index in [9.17, 15) is 0 Å². The second kappa shape index (κ2) is 5.37. The van der Waals surface area contributed by atoms with Crippen molar-refractivity contribution in [3.8, 4) is 11.5 Å². The highest BCUT2D eigenvalue weighted by molar-refractivity contribution is 5.94. The normalized spacial score (nSPS) is 20.1. The van der Waals surface area contributed by atoms with Crippen molar-refractivity contribution < 1.29 is 9.47 Å². The molecule has 1 atom stereocenters. The Morgan fingerprint density at radius 3 is 2.33 bits per heavy atom. The van der Waals surface area contributed by atoms with E-state index in [1.807, 2.05) is 0 Å². The van der Waals surface area contributed by atoms with Crippen LogP contribution in [0.2, 0.25) is 0 Å². The minimum atomic E-state index is -0.730. The predicted molar refractivity (Wildman–Crippen MR) is 109 cm³/mol. The zero-order chi connectivity index (χ0) is 17.8. The summed E-state index contributed by atoms with van der Waals surface area (Å²) in [7, 11) is 0. The Kier molecular flexibility index (Phi) is 2.96. The fourth-order valence-corrected chi connectivity index (χ4v) is 4.29. The van der Waals surface area contributed by atoms with Gasteiger partial charge >= 0.3 is 0 Å². The number of hydrogen-bond acceptors (Lipinski definition) is 2. The zero-order valence-corrected chi connectivity index (χ0v) is 14.8. The molecule has 0 aliphatic carbocycles. The molecule has 0 amide bonds. The third-order valence-electron chi connectivity index (χ3n) is 5.70. The molecular weight excluding hydrogens is 332 g/mol. The van der Waals surface area contributed by atoms with Crippen molar-refractivity contribution in [2.75, 3.05) is 0 Å². The van der Waals surface area contributed by atoms with Crippen molar-refractivity contribution in [2.45, 2.75) is 18.6 Å². The minimum absolute atomic E-state index is 0.730. The fraction of sp³-hybridized carbons (Fsp3) is 0.120. The van der Waals surface area contributed by atoms with Crippen LogP contribution in [-0.4, -0.2) is 5.79 Å². The summed E-state index contributed by atoms with van der Waals surface area (Å²) in [6.45, 7) is 0. The third-order valence-corrected chi connectivity index (χ3v) is 5.70. The van der Waals surface area contributed by atoms with E-state index >= 15 is 0 Å². The van der Waals surface area contributed by atoms with Gasteiger partial charge in [0.2, 0.25) is 0 Å². The predicted octanol–water partition coefficient (Wildman–Crippen LogP) is 6.12. The lowest BCUT2D eigenvalue weighted by atomic mass is 9.93. The quantitative estimate of drug-likeness (QED) is 0.380. The summed E-state index contributed by atoms with van der Waals surface area (Å²) in [6, 6.07) is 25.3. The zero-order valence-electron chi connectivity index (χ0n) is 14.8. The Morgan fingerprint density at radius 1 is 0.704 bits per heavy atom. The van der Waals surface area contributed by atoms with Crippen LogP contribution in [0.5, 0.6) is 11.5 Å². The molecule has 0 saturated carbocycles. The highest BCUT2D eigenvalue weighted by atomic mass is 16.7. The molecule has 2 heterocycles. The Hall–Kier alpha value is -3.26. The summed E-state index contributed by atoms with van der Waals surface area (Å²) < 4.78 is 13.0. The number of aryl methyl sites for hydroxylation is 1. The van der Waals surface area contributed by atoms with Gasteiger partial charge in [-0.15, -0.1) is 0 Å². The lowest BCUT2D eigenvalue weighted by molar-refractivity contribution is -0.0851. The Morgan fingerprint density at radius 2 is 1.44 bits per heavy atom. The van der Waals surface area contributed by atoms with Crippen LogP contribution in [0.3, 0.4) is 0 Å². The average molecular weight is 350 g/mol. The molecule has 2 aliphatic heterocycles. The molecule has 0 bridgehead atoms. The van der Waals surface area contributed by atoms with E-state index in [2.05, 4.69) is 84.9 Å². The first-order chi connectivity index (χ1) is 13.3. The van der Waals surface area contributed by atoms with Gasteiger partial charge in [0.25, 0.3) is 5.79 Å². The average Bonchev–Trinajstić information content (AvgIpc) is 2.73. The number of benzene rings is 4. The van der Waals surface area contributed by atoms with Gasteiger partial charge in [-0.1, -0.05) is 66.7 Å². The van der Waals surface area contributed by atoms with Gasteiger partial charge in [0.1, 0.15) is 11.5 Å². The van der Waals surface area contributed by atoms with Crippen LogP contribution in [0.15, 0.2) is 78.9 Å². The minimum Gasteiger partial charge on any atom is -0.448 e. The van der Waals surface area contributed by atoms with Crippen molar-refractivity contribution in [3.63, 3.8) is 0 Å². The number of fused-ring (bicyclic) bond motifs is 6. The molecule has 2 heteroatoms. The first kappa shape index (κ1) is 14.9. The van der Waals surface area contributed by atoms with Crippen molar-refractivity contribution in [2.24, 2.45) is 0 Å². The van der Waals surface area contributed by atoms with Crippen LogP contribution in [0, 0.1) is 0 Å². The summed E-state index contributed by atoms with van der Waals surface area (Å²) in [4.78, 5) is 0. The van der Waals surface area contributed by atoms with Gasteiger partial charge in [0.15, 0.2) is 0 Å². The standard InChI is InChI=1S/C25H18O2/c1-3-7-20-17(5-1)11-12-23-22(20)14-16-25(26-23)15-13-19-10-9-18-6-2-4-8-21(18)24(19)27-25/h1-12,14,16H,13,15H2. The molecule has 0 radical (unpaired) electrons. The smallest absolute Gasteiger partial charge is 0.271 e. The summed E-state index contributed by atoms with van der Waals surface area (Å²) >= 11 is 0. The lowest BCUT2D eigenvalue weighted by Crippen LogP contribution is -2.44. The van der Waals surface area contributed by atoms with Crippen LogP contribution >= 0.6 is 0 Å². The molecule has 6 rings (SSSR count). The molecule has 2 aliphatic rings. The summed E-state index contributed by atoms with van der Waals surface area (Å²) in [6.07, 6.45) is 6.00. The van der Waals surface area contributed by atoms with Crippen LogP contribution in [0.1, 0.15) is 17.5 Å². The summed E-state index contributed by atoms with van der Waals surface area (Å²) in [5.74, 6) is 1.11. The van der Waals surface area contributed by atoms with E-state index in [1.165, 1.54) is 21.7 Å². The molecule has 2 nitrogen and oxygen atoms in total. The summed E-state index contributed by atoms with van der Waals surface area (Å²) in [5.41, 5.74) is 2.38. The maximum absolute atomic E-state index is 6.53. The van der Waals surface area contributed by atoms with Crippen molar-refractivity contribution >= 4 is 27.6 Å². The van der Waals surface area contributed by atoms with Gasteiger partial charge in [-0.05, 0) is 40.3 Å². The largest absolute Gasteiger partial charge is 0.448 e.